The molecule has 0 aliphatic carbocycles. The van der Waals surface area contributed by atoms with Crippen LogP contribution in [0.2, 0.25) is 0 Å². The molecular weight excluding hydrogens is 939 g/mol. The van der Waals surface area contributed by atoms with Gasteiger partial charge in [0.15, 0.2) is 0 Å². The quantitative estimate of drug-likeness (QED) is 0.0920. The number of nitrogens with one attached hydrogen (secondary N) is 2. The van der Waals surface area contributed by atoms with Crippen LogP contribution in [0.5, 0.6) is 0 Å². The van der Waals surface area contributed by atoms with E-state index in [0.29, 0.717) is 22.3 Å². The second-order valence-corrected chi connectivity index (χ2v) is 12.6. The molecule has 61 heavy (non-hydrogen) atoms. The Labute approximate surface area is 368 Å². The van der Waals surface area contributed by atoms with Crippen LogP contribution < -0.4 is 0 Å². The van der Waals surface area contributed by atoms with Crippen molar-refractivity contribution in [2.75, 3.05) is 0 Å². The van der Waals surface area contributed by atoms with Crippen LogP contribution in [-0.2, 0) is 25.8 Å². The normalized spacial score (nSPS) is 10.2. The van der Waals surface area contributed by atoms with Crippen molar-refractivity contribution in [3.8, 4) is 0 Å². The number of aromatic carboxylic acids is 4. The largest absolute Gasteiger partial charge is 0.478 e. The van der Waals surface area contributed by atoms with Crippen molar-refractivity contribution >= 4 is 70.2 Å². The van der Waals surface area contributed by atoms with Gasteiger partial charge >= 0.3 is 23.9 Å². The molecule has 0 atom stereocenters. The van der Waals surface area contributed by atoms with Crippen molar-refractivity contribution < 1.29 is 65.4 Å². The van der Waals surface area contributed by atoms with Crippen LogP contribution in [0.1, 0.15) is 64.2 Å². The molecule has 2 aliphatic heterocycles. The average molecular weight is 977 g/mol. The van der Waals surface area contributed by atoms with E-state index in [4.69, 9.17) is 20.4 Å². The van der Waals surface area contributed by atoms with Crippen molar-refractivity contribution in [2.45, 2.75) is 0 Å². The SMILES string of the molecule is C1=Cc2cc3ccc(cc4nc(cc5ccc(cc1n2)[nH]5)C=C4)[nH]3.O=C(O)c1ccccc1.O=C(O)c1ccccc1.O=C(O)c1ccccc1.O=C(O)c1ccccc1.[Hf]. The number of aromatic amines is 2. The minimum Gasteiger partial charge on any atom is -0.478 e. The maximum absolute atomic E-state index is 10.2. The number of benzene rings is 4. The van der Waals surface area contributed by atoms with Crippen LogP contribution in [-0.4, -0.2) is 64.2 Å². The molecule has 12 nitrogen and oxygen atoms in total. The van der Waals surface area contributed by atoms with E-state index < -0.39 is 23.9 Å². The second-order valence-electron chi connectivity index (χ2n) is 12.6. The maximum atomic E-state index is 10.2. The van der Waals surface area contributed by atoms with Gasteiger partial charge in [-0.1, -0.05) is 72.8 Å². The number of carboxylic acids is 4. The Morgan fingerprint density at radius 3 is 0.689 bits per heavy atom. The summed E-state index contributed by atoms with van der Waals surface area (Å²) in [5, 5.41) is 33.5. The number of nitrogens with zero attached hydrogens (tertiary/aromatic N) is 2. The van der Waals surface area contributed by atoms with Gasteiger partial charge in [0, 0.05) is 47.9 Å². The second kappa shape index (κ2) is 23.6. The van der Waals surface area contributed by atoms with Gasteiger partial charge in [0.05, 0.1) is 45.0 Å². The number of fused-ring (bicyclic) bond motifs is 8. The summed E-state index contributed by atoms with van der Waals surface area (Å²) < 4.78 is 0. The van der Waals surface area contributed by atoms with Crippen LogP contribution >= 0.6 is 0 Å². The van der Waals surface area contributed by atoms with E-state index in [2.05, 4.69) is 44.2 Å². The molecule has 5 heterocycles. The summed E-state index contributed by atoms with van der Waals surface area (Å²) in [6, 6.07) is 49.5. The summed E-state index contributed by atoms with van der Waals surface area (Å²) in [7, 11) is 0. The van der Waals surface area contributed by atoms with E-state index in [1.807, 2.05) is 48.6 Å². The fourth-order valence-corrected chi connectivity index (χ4v) is 5.27. The fourth-order valence-electron chi connectivity index (χ4n) is 5.27. The minimum atomic E-state index is -0.879. The first kappa shape index (κ1) is 45.9. The van der Waals surface area contributed by atoms with Gasteiger partial charge in [-0.25, -0.2) is 29.1 Å². The number of carboxylic acid groups (broad SMARTS) is 4. The van der Waals surface area contributed by atoms with Gasteiger partial charge < -0.3 is 30.4 Å². The van der Waals surface area contributed by atoms with Crippen molar-refractivity contribution in [1.82, 2.24) is 19.9 Å². The fraction of sp³-hybridized carbons (Fsp3) is 0. The molecule has 0 spiro atoms. The van der Waals surface area contributed by atoms with Crippen LogP contribution in [0.3, 0.4) is 0 Å². The Hall–Kier alpha value is -7.77. The maximum Gasteiger partial charge on any atom is 0.335 e. The van der Waals surface area contributed by atoms with Crippen LogP contribution in [0, 0.1) is 0 Å². The molecule has 0 radical (unpaired) electrons. The zero-order chi connectivity index (χ0) is 42.7. The molecule has 4 aromatic carbocycles. The summed E-state index contributed by atoms with van der Waals surface area (Å²) in [4.78, 5) is 56.8. The smallest absolute Gasteiger partial charge is 0.335 e. The summed E-state index contributed by atoms with van der Waals surface area (Å²) in [5.74, 6) is -3.52. The molecule has 2 aliphatic rings. The van der Waals surface area contributed by atoms with Gasteiger partial charge in [0.25, 0.3) is 0 Å². The van der Waals surface area contributed by atoms with E-state index >= 15 is 0 Å². The minimum absolute atomic E-state index is 0. The molecule has 302 valence electrons. The van der Waals surface area contributed by atoms with Crippen molar-refractivity contribution in [3.63, 3.8) is 0 Å². The number of H-pyrrole nitrogens is 2. The first-order chi connectivity index (χ1) is 29.0. The van der Waals surface area contributed by atoms with E-state index in [1.54, 1.807) is 121 Å². The average Bonchev–Trinajstić information content (AvgIpc) is 4.11. The van der Waals surface area contributed by atoms with Gasteiger partial charge in [-0.05, 0) is 121 Å². The standard InChI is InChI=1S/C20H14N4.4C7H6O2.Hf/c1-2-14-10-16-5-6-18(23-16)12-20-8-7-19(24-20)11-17-4-3-15(22-17)9-13(1)21-14;4*8-7(9)6-4-2-1-3-5-6;/h1-12,21,24H;4*1-5H,(H,8,9);. The summed E-state index contributed by atoms with van der Waals surface area (Å²) in [5.41, 5.74) is 9.18. The zero-order valence-electron chi connectivity index (χ0n) is 32.3. The van der Waals surface area contributed by atoms with E-state index in [1.165, 1.54) is 0 Å². The molecule has 0 saturated carbocycles. The summed E-state index contributed by atoms with van der Waals surface area (Å²) >= 11 is 0. The van der Waals surface area contributed by atoms with Gasteiger partial charge in [-0.3, -0.25) is 0 Å². The molecule has 0 amide bonds. The van der Waals surface area contributed by atoms with E-state index in [9.17, 15) is 19.2 Å². The summed E-state index contributed by atoms with van der Waals surface area (Å²) in [6.45, 7) is 0. The molecule has 7 aromatic rings. The monoisotopic (exact) mass is 978 g/mol. The number of carbonyl (C=O) groups is 4. The molecule has 3 aromatic heterocycles. The third kappa shape index (κ3) is 15.5. The Morgan fingerprint density at radius 1 is 0.328 bits per heavy atom. The topological polar surface area (TPSA) is 207 Å². The number of hydrogen-bond donors (Lipinski definition) is 6. The predicted octanol–water partition coefficient (Wildman–Crippen LogP) is 10.2. The molecular formula is C48H38HfN4O8. The molecule has 9 rings (SSSR count). The first-order valence-corrected chi connectivity index (χ1v) is 18.2. The van der Waals surface area contributed by atoms with Gasteiger partial charge in [-0.15, -0.1) is 0 Å². The molecule has 0 fully saturated rings. The van der Waals surface area contributed by atoms with Gasteiger partial charge in [-0.2, -0.15) is 0 Å². The van der Waals surface area contributed by atoms with Crippen LogP contribution in [0.25, 0.3) is 46.4 Å². The van der Waals surface area contributed by atoms with E-state index in [-0.39, 0.29) is 25.8 Å². The molecule has 0 saturated heterocycles. The molecule has 6 N–H and O–H groups in total. The predicted molar refractivity (Wildman–Crippen MR) is 232 cm³/mol. The van der Waals surface area contributed by atoms with E-state index in [0.717, 1.165) is 44.8 Å². The summed E-state index contributed by atoms with van der Waals surface area (Å²) in [6.07, 6.45) is 8.09. The van der Waals surface area contributed by atoms with Crippen molar-refractivity contribution in [2.24, 2.45) is 0 Å². The van der Waals surface area contributed by atoms with Crippen molar-refractivity contribution in [3.05, 3.63) is 215 Å². The van der Waals surface area contributed by atoms with Crippen molar-refractivity contribution in [1.29, 1.82) is 0 Å². The van der Waals surface area contributed by atoms with Crippen LogP contribution in [0.15, 0.2) is 170 Å². The van der Waals surface area contributed by atoms with Crippen LogP contribution in [0.4, 0.5) is 0 Å². The number of hydrogen-bond acceptors (Lipinski definition) is 6. The molecule has 0 unspecified atom stereocenters. The van der Waals surface area contributed by atoms with Gasteiger partial charge in [0.1, 0.15) is 0 Å². The zero-order valence-corrected chi connectivity index (χ0v) is 35.9. The first-order valence-electron chi connectivity index (χ1n) is 18.2. The third-order valence-electron chi connectivity index (χ3n) is 8.12. The number of aromatic nitrogens is 4. The number of rotatable bonds is 4. The Balaban J connectivity index is 0.000000185. The Kier molecular flexibility index (Phi) is 17.8. The Morgan fingerprint density at radius 2 is 0.525 bits per heavy atom. The molecule has 8 bridgehead atoms. The third-order valence-corrected chi connectivity index (χ3v) is 8.12. The molecule has 13 heteroatoms. The Bertz CT molecular complexity index is 2400. The van der Waals surface area contributed by atoms with Gasteiger partial charge in [0.2, 0.25) is 0 Å².